The third kappa shape index (κ3) is 9.82. The first-order chi connectivity index (χ1) is 24.1. The largest absolute Gasteiger partial charge is 0.491 e. The van der Waals surface area contributed by atoms with Gasteiger partial charge in [-0.1, -0.05) is 36.2 Å². The molecule has 1 saturated heterocycles. The zero-order chi connectivity index (χ0) is 35.7. The lowest BCUT2D eigenvalue weighted by molar-refractivity contribution is -0.139. The van der Waals surface area contributed by atoms with Crippen molar-refractivity contribution in [1.29, 1.82) is 0 Å². The fraction of sp³-hybridized carbons (Fsp3) is 0.538. The van der Waals surface area contributed by atoms with E-state index < -0.39 is 5.41 Å². The van der Waals surface area contributed by atoms with E-state index in [9.17, 15) is 9.59 Å². The number of halogens is 2. The van der Waals surface area contributed by atoms with E-state index in [1.165, 1.54) is 0 Å². The maximum atomic E-state index is 14.6. The molecule has 1 amide bonds. The first-order valence-electron chi connectivity index (χ1n) is 17.7. The van der Waals surface area contributed by atoms with Crippen LogP contribution in [0, 0.1) is 12.8 Å². The highest BCUT2D eigenvalue weighted by molar-refractivity contribution is 6.37. The zero-order valence-electron chi connectivity index (χ0n) is 29.8. The van der Waals surface area contributed by atoms with Gasteiger partial charge in [0.25, 0.3) is 5.56 Å². The summed E-state index contributed by atoms with van der Waals surface area (Å²) in [6.07, 6.45) is 6.95. The van der Waals surface area contributed by atoms with Gasteiger partial charge in [0.05, 0.1) is 29.2 Å². The van der Waals surface area contributed by atoms with E-state index >= 15 is 0 Å². The summed E-state index contributed by atoms with van der Waals surface area (Å²) < 4.78 is 24.0. The van der Waals surface area contributed by atoms with Crippen molar-refractivity contribution in [2.75, 3.05) is 53.7 Å². The standard InChI is InChI=1S/C39H51Cl2N3O6/c1-27-19-34(40)37(35(41)20-27)50-16-6-13-43-14-10-30(24-36(43)45)39(2)11-12-42-25-33(39)38(46)44(31-8-9-31)26-29-21-28(7-5-15-47-3)22-32(23-29)49-18-17-48-4/h10,14,19-24,31,33,42H,5-9,11-13,15-18,25-26H2,1-4H3/t33-,39-/m1/s1. The average molecular weight is 729 g/mol. The first kappa shape index (κ1) is 38.2. The number of amides is 1. The number of carbonyl (C=O) groups is 1. The predicted octanol–water partition coefficient (Wildman–Crippen LogP) is 6.60. The van der Waals surface area contributed by atoms with Crippen LogP contribution in [0.5, 0.6) is 11.5 Å². The summed E-state index contributed by atoms with van der Waals surface area (Å²) in [5.41, 5.74) is 3.49. The van der Waals surface area contributed by atoms with Crippen LogP contribution in [0.15, 0.2) is 53.5 Å². The molecule has 11 heteroatoms. The van der Waals surface area contributed by atoms with Crippen LogP contribution in [0.25, 0.3) is 0 Å². The van der Waals surface area contributed by atoms with Crippen LogP contribution in [0.4, 0.5) is 0 Å². The number of methoxy groups -OCH3 is 2. The van der Waals surface area contributed by atoms with Gasteiger partial charge in [-0.15, -0.1) is 0 Å². The first-order valence-corrected chi connectivity index (χ1v) is 18.4. The number of nitrogens with one attached hydrogen (secondary N) is 1. The Bertz CT molecular complexity index is 1610. The Balaban J connectivity index is 1.29. The number of piperidine rings is 1. The third-order valence-electron chi connectivity index (χ3n) is 9.84. The minimum atomic E-state index is -0.494. The lowest BCUT2D eigenvalue weighted by Gasteiger charge is -2.43. The number of aryl methyl sites for hydroxylation is 3. The van der Waals surface area contributed by atoms with Crippen molar-refractivity contribution in [2.24, 2.45) is 5.92 Å². The van der Waals surface area contributed by atoms with Gasteiger partial charge < -0.3 is 33.7 Å². The van der Waals surface area contributed by atoms with Gasteiger partial charge in [0.15, 0.2) is 5.75 Å². The minimum Gasteiger partial charge on any atom is -0.491 e. The van der Waals surface area contributed by atoms with E-state index in [4.69, 9.17) is 42.1 Å². The molecule has 2 heterocycles. The van der Waals surface area contributed by atoms with E-state index in [0.717, 1.165) is 66.7 Å². The van der Waals surface area contributed by atoms with Crippen molar-refractivity contribution in [2.45, 2.75) is 76.9 Å². The summed E-state index contributed by atoms with van der Waals surface area (Å²) in [6.45, 7) is 8.40. The number of benzene rings is 2. The summed E-state index contributed by atoms with van der Waals surface area (Å²) >= 11 is 12.6. The van der Waals surface area contributed by atoms with Crippen LogP contribution in [-0.2, 0) is 39.2 Å². The molecule has 0 bridgehead atoms. The van der Waals surface area contributed by atoms with Crippen molar-refractivity contribution in [3.8, 4) is 11.5 Å². The molecule has 1 aliphatic heterocycles. The minimum absolute atomic E-state index is 0.0924. The maximum Gasteiger partial charge on any atom is 0.250 e. The van der Waals surface area contributed by atoms with Crippen molar-refractivity contribution in [3.63, 3.8) is 0 Å². The van der Waals surface area contributed by atoms with Crippen LogP contribution in [0.1, 0.15) is 61.3 Å². The van der Waals surface area contributed by atoms with Crippen molar-refractivity contribution < 1.29 is 23.7 Å². The highest BCUT2D eigenvalue weighted by atomic mass is 35.5. The Morgan fingerprint density at radius 1 is 0.960 bits per heavy atom. The Morgan fingerprint density at radius 2 is 1.70 bits per heavy atom. The van der Waals surface area contributed by atoms with Gasteiger partial charge >= 0.3 is 0 Å². The lowest BCUT2D eigenvalue weighted by atomic mass is 9.67. The Morgan fingerprint density at radius 3 is 2.40 bits per heavy atom. The molecule has 1 saturated carbocycles. The molecule has 9 nitrogen and oxygen atoms in total. The second-order valence-electron chi connectivity index (χ2n) is 13.8. The molecule has 2 aliphatic rings. The van der Waals surface area contributed by atoms with Crippen molar-refractivity contribution >= 4 is 29.1 Å². The smallest absolute Gasteiger partial charge is 0.250 e. The highest BCUT2D eigenvalue weighted by Gasteiger charge is 2.46. The maximum absolute atomic E-state index is 14.6. The Labute approximate surface area is 306 Å². The number of nitrogens with zero attached hydrogens (tertiary/aromatic N) is 2. The van der Waals surface area contributed by atoms with E-state index in [0.29, 0.717) is 68.3 Å². The van der Waals surface area contributed by atoms with E-state index in [2.05, 4.69) is 29.3 Å². The fourth-order valence-electron chi connectivity index (χ4n) is 6.86. The molecule has 0 unspecified atom stereocenters. The van der Waals surface area contributed by atoms with Crippen molar-refractivity contribution in [1.82, 2.24) is 14.8 Å². The van der Waals surface area contributed by atoms with Gasteiger partial charge in [0, 0.05) is 64.2 Å². The lowest BCUT2D eigenvalue weighted by Crippen LogP contribution is -2.54. The molecular formula is C39H51Cl2N3O6. The fourth-order valence-corrected chi connectivity index (χ4v) is 7.57. The molecule has 5 rings (SSSR count). The number of carbonyl (C=O) groups excluding carboxylic acids is 1. The number of pyridine rings is 1. The molecule has 272 valence electrons. The van der Waals surface area contributed by atoms with Gasteiger partial charge in [-0.05, 0) is 105 Å². The zero-order valence-corrected chi connectivity index (χ0v) is 31.3. The highest BCUT2D eigenvalue weighted by Crippen LogP contribution is 2.41. The van der Waals surface area contributed by atoms with E-state index in [1.807, 2.05) is 37.4 Å². The van der Waals surface area contributed by atoms with Gasteiger partial charge in [-0.2, -0.15) is 0 Å². The molecule has 0 spiro atoms. The van der Waals surface area contributed by atoms with Gasteiger partial charge in [0.2, 0.25) is 5.91 Å². The number of rotatable bonds is 18. The second kappa shape index (κ2) is 17.9. The number of hydrogen-bond acceptors (Lipinski definition) is 7. The number of hydrogen-bond donors (Lipinski definition) is 1. The molecule has 2 fully saturated rings. The topological polar surface area (TPSA) is 91.3 Å². The molecule has 1 aliphatic carbocycles. The second-order valence-corrected chi connectivity index (χ2v) is 14.6. The van der Waals surface area contributed by atoms with Crippen LogP contribution in [-0.4, -0.2) is 75.2 Å². The van der Waals surface area contributed by atoms with Gasteiger partial charge in [-0.3, -0.25) is 9.59 Å². The monoisotopic (exact) mass is 727 g/mol. The molecule has 3 aromatic rings. The number of ether oxygens (including phenoxy) is 4. The molecule has 0 radical (unpaired) electrons. The van der Waals surface area contributed by atoms with Crippen LogP contribution < -0.4 is 20.3 Å². The van der Waals surface area contributed by atoms with Gasteiger partial charge in [0.1, 0.15) is 12.4 Å². The van der Waals surface area contributed by atoms with Crippen molar-refractivity contribution in [3.05, 3.63) is 91.3 Å². The molecule has 1 N–H and O–H groups in total. The summed E-state index contributed by atoms with van der Waals surface area (Å²) in [7, 11) is 3.37. The summed E-state index contributed by atoms with van der Waals surface area (Å²) in [5.74, 6) is 1.06. The van der Waals surface area contributed by atoms with Crippen LogP contribution >= 0.6 is 23.2 Å². The van der Waals surface area contributed by atoms with Gasteiger partial charge in [-0.25, -0.2) is 0 Å². The quantitative estimate of drug-likeness (QED) is 0.148. The molecule has 2 aromatic carbocycles. The molecule has 1 aromatic heterocycles. The van der Waals surface area contributed by atoms with E-state index in [1.54, 1.807) is 24.9 Å². The molecule has 2 atom stereocenters. The summed E-state index contributed by atoms with van der Waals surface area (Å²) in [4.78, 5) is 30.0. The third-order valence-corrected chi connectivity index (χ3v) is 10.4. The normalized spacial score (nSPS) is 19.0. The number of aromatic nitrogens is 1. The van der Waals surface area contributed by atoms with E-state index in [-0.39, 0.29) is 23.4 Å². The van der Waals surface area contributed by atoms with Crippen LogP contribution in [0.3, 0.4) is 0 Å². The Hall–Kier alpha value is -3.08. The van der Waals surface area contributed by atoms with Crippen LogP contribution in [0.2, 0.25) is 10.0 Å². The summed E-state index contributed by atoms with van der Waals surface area (Å²) in [6, 6.07) is 13.9. The Kier molecular flexibility index (Phi) is 13.7. The average Bonchev–Trinajstić information content (AvgIpc) is 3.93. The molecule has 50 heavy (non-hydrogen) atoms. The predicted molar refractivity (Wildman–Crippen MR) is 198 cm³/mol. The summed E-state index contributed by atoms with van der Waals surface area (Å²) in [5, 5.41) is 4.41. The SMILES string of the molecule is COCCCc1cc(CN(C(=O)[C@H]2CNCC[C@]2(C)c2ccn(CCCOc3c(Cl)cc(C)cc3Cl)c(=O)c2)C2CC2)cc(OCCOC)c1. The molecular weight excluding hydrogens is 677 g/mol.